The first-order valence-electron chi connectivity index (χ1n) is 7.02. The molecule has 0 aromatic heterocycles. The lowest BCUT2D eigenvalue weighted by atomic mass is 10.2. The second kappa shape index (κ2) is 8.24. The zero-order valence-corrected chi connectivity index (χ0v) is 13.8. The van der Waals surface area contributed by atoms with E-state index < -0.39 is 0 Å². The fraction of sp³-hybridized carbons (Fsp3) is 0.176. The number of hydrogen-bond acceptors (Lipinski definition) is 4. The summed E-state index contributed by atoms with van der Waals surface area (Å²) in [6, 6.07) is 14.8. The van der Waals surface area contributed by atoms with E-state index >= 15 is 0 Å². The average molecular weight is 330 g/mol. The largest absolute Gasteiger partial charge is 0.495 e. The molecule has 2 aromatic carbocycles. The van der Waals surface area contributed by atoms with Gasteiger partial charge in [0.1, 0.15) is 5.75 Å². The van der Waals surface area contributed by atoms with E-state index in [4.69, 9.17) is 4.74 Å². The molecule has 0 bridgehead atoms. The molecule has 0 saturated carbocycles. The molecule has 23 heavy (non-hydrogen) atoms. The summed E-state index contributed by atoms with van der Waals surface area (Å²) in [5.74, 6) is 0.534. The summed E-state index contributed by atoms with van der Waals surface area (Å²) in [6.07, 6.45) is 0. The number of methoxy groups -OCH3 is 1. The summed E-state index contributed by atoms with van der Waals surface area (Å²) in [5.41, 5.74) is 1.13. The van der Waals surface area contributed by atoms with Crippen molar-refractivity contribution >= 4 is 35.0 Å². The molecule has 0 heterocycles. The number of anilines is 2. The van der Waals surface area contributed by atoms with Gasteiger partial charge >= 0.3 is 0 Å². The van der Waals surface area contributed by atoms with Gasteiger partial charge in [0.05, 0.1) is 18.6 Å². The molecule has 0 aliphatic carbocycles. The molecule has 0 fully saturated rings. The molecule has 5 nitrogen and oxygen atoms in total. The van der Waals surface area contributed by atoms with Crippen LogP contribution in [0.1, 0.15) is 6.92 Å². The second-order valence-electron chi connectivity index (χ2n) is 4.75. The minimum absolute atomic E-state index is 0.113. The molecular weight excluding hydrogens is 312 g/mol. The number of carbonyl (C=O) groups is 2. The van der Waals surface area contributed by atoms with E-state index in [1.165, 1.54) is 25.8 Å². The van der Waals surface area contributed by atoms with Crippen LogP contribution in [-0.2, 0) is 9.59 Å². The lowest BCUT2D eigenvalue weighted by molar-refractivity contribution is -0.114. The van der Waals surface area contributed by atoms with Gasteiger partial charge in [-0.25, -0.2) is 0 Å². The third-order valence-electron chi connectivity index (χ3n) is 2.91. The lowest BCUT2D eigenvalue weighted by Gasteiger charge is -2.12. The summed E-state index contributed by atoms with van der Waals surface area (Å²) in [7, 11) is 1.52. The van der Waals surface area contributed by atoms with Crippen LogP contribution in [0.25, 0.3) is 0 Å². The van der Waals surface area contributed by atoms with E-state index in [1.807, 2.05) is 30.3 Å². The van der Waals surface area contributed by atoms with Crippen molar-refractivity contribution in [2.45, 2.75) is 11.8 Å². The van der Waals surface area contributed by atoms with Gasteiger partial charge in [-0.3, -0.25) is 9.59 Å². The van der Waals surface area contributed by atoms with Gasteiger partial charge in [-0.2, -0.15) is 0 Å². The van der Waals surface area contributed by atoms with E-state index in [9.17, 15) is 9.59 Å². The van der Waals surface area contributed by atoms with Crippen molar-refractivity contribution in [1.82, 2.24) is 0 Å². The first-order chi connectivity index (χ1) is 11.1. The van der Waals surface area contributed by atoms with E-state index in [0.717, 1.165) is 4.90 Å². The number of ether oxygens (including phenoxy) is 1. The Bertz CT molecular complexity index is 689. The van der Waals surface area contributed by atoms with Crippen LogP contribution in [0.2, 0.25) is 0 Å². The minimum Gasteiger partial charge on any atom is -0.495 e. The maximum atomic E-state index is 12.0. The maximum Gasteiger partial charge on any atom is 0.234 e. The summed E-state index contributed by atoms with van der Waals surface area (Å²) < 4.78 is 5.18. The van der Waals surface area contributed by atoms with Crippen molar-refractivity contribution in [2.75, 3.05) is 23.5 Å². The Kier molecular flexibility index (Phi) is 6.05. The SMILES string of the molecule is COc1ccc(NC(=O)CSc2ccccc2)cc1NC(C)=O. The smallest absolute Gasteiger partial charge is 0.234 e. The van der Waals surface area contributed by atoms with Crippen LogP contribution in [0, 0.1) is 0 Å². The van der Waals surface area contributed by atoms with Crippen LogP contribution in [-0.4, -0.2) is 24.7 Å². The first kappa shape index (κ1) is 16.9. The quantitative estimate of drug-likeness (QED) is 0.797. The fourth-order valence-electron chi connectivity index (χ4n) is 1.94. The monoisotopic (exact) mass is 330 g/mol. The van der Waals surface area contributed by atoms with E-state index in [2.05, 4.69) is 10.6 Å². The van der Waals surface area contributed by atoms with Crippen molar-refractivity contribution in [3.05, 3.63) is 48.5 Å². The van der Waals surface area contributed by atoms with Crippen molar-refractivity contribution in [2.24, 2.45) is 0 Å². The highest BCUT2D eigenvalue weighted by molar-refractivity contribution is 8.00. The molecule has 120 valence electrons. The Morgan fingerprint density at radius 3 is 2.48 bits per heavy atom. The molecule has 0 radical (unpaired) electrons. The Hall–Kier alpha value is -2.47. The predicted molar refractivity (Wildman–Crippen MR) is 93.1 cm³/mol. The zero-order chi connectivity index (χ0) is 16.7. The number of carbonyl (C=O) groups excluding carboxylic acids is 2. The molecule has 0 atom stereocenters. The second-order valence-corrected chi connectivity index (χ2v) is 5.79. The Morgan fingerprint density at radius 1 is 1.09 bits per heavy atom. The third kappa shape index (κ3) is 5.34. The molecule has 2 amide bonds. The van der Waals surface area contributed by atoms with Gasteiger partial charge < -0.3 is 15.4 Å². The topological polar surface area (TPSA) is 67.4 Å². The summed E-state index contributed by atoms with van der Waals surface area (Å²) >= 11 is 1.46. The highest BCUT2D eigenvalue weighted by Crippen LogP contribution is 2.28. The number of benzene rings is 2. The molecule has 2 rings (SSSR count). The van der Waals surface area contributed by atoms with Crippen molar-refractivity contribution in [1.29, 1.82) is 0 Å². The van der Waals surface area contributed by atoms with Crippen LogP contribution in [0.3, 0.4) is 0 Å². The van der Waals surface area contributed by atoms with Gasteiger partial charge in [-0.15, -0.1) is 11.8 Å². The van der Waals surface area contributed by atoms with Crippen LogP contribution >= 0.6 is 11.8 Å². The number of amides is 2. The summed E-state index contributed by atoms with van der Waals surface area (Å²) in [4.78, 5) is 24.3. The van der Waals surface area contributed by atoms with Crippen LogP contribution in [0.5, 0.6) is 5.75 Å². The summed E-state index contributed by atoms with van der Waals surface area (Å²) in [6.45, 7) is 1.42. The van der Waals surface area contributed by atoms with Crippen LogP contribution in [0.4, 0.5) is 11.4 Å². The van der Waals surface area contributed by atoms with Gasteiger partial charge in [0.15, 0.2) is 0 Å². The molecule has 6 heteroatoms. The maximum absolute atomic E-state index is 12.0. The molecule has 0 saturated heterocycles. The van der Waals surface area contributed by atoms with Gasteiger partial charge in [0, 0.05) is 17.5 Å². The zero-order valence-electron chi connectivity index (χ0n) is 13.0. The van der Waals surface area contributed by atoms with Gasteiger partial charge in [0.2, 0.25) is 11.8 Å². The summed E-state index contributed by atoms with van der Waals surface area (Å²) in [5, 5.41) is 5.49. The Labute approximate surface area is 139 Å². The van der Waals surface area contributed by atoms with Crippen molar-refractivity contribution < 1.29 is 14.3 Å². The molecule has 0 spiro atoms. The van der Waals surface area contributed by atoms with E-state index in [1.54, 1.807) is 18.2 Å². The number of thioether (sulfide) groups is 1. The number of nitrogens with one attached hydrogen (secondary N) is 2. The van der Waals surface area contributed by atoms with E-state index in [0.29, 0.717) is 22.9 Å². The Morgan fingerprint density at radius 2 is 1.83 bits per heavy atom. The van der Waals surface area contributed by atoms with Gasteiger partial charge in [-0.1, -0.05) is 18.2 Å². The molecule has 0 unspecified atom stereocenters. The highest BCUT2D eigenvalue weighted by Gasteiger charge is 2.08. The molecule has 0 aliphatic rings. The number of hydrogen-bond donors (Lipinski definition) is 2. The third-order valence-corrected chi connectivity index (χ3v) is 3.92. The minimum atomic E-state index is -0.202. The van der Waals surface area contributed by atoms with Gasteiger partial charge in [-0.05, 0) is 30.3 Å². The molecule has 0 aliphatic heterocycles. The lowest BCUT2D eigenvalue weighted by Crippen LogP contribution is -2.14. The predicted octanol–water partition coefficient (Wildman–Crippen LogP) is 3.38. The normalized spacial score (nSPS) is 10.0. The number of rotatable bonds is 6. The van der Waals surface area contributed by atoms with Crippen LogP contribution in [0.15, 0.2) is 53.4 Å². The first-order valence-corrected chi connectivity index (χ1v) is 8.00. The molecular formula is C17H18N2O3S. The van der Waals surface area contributed by atoms with E-state index in [-0.39, 0.29) is 11.8 Å². The Balaban J connectivity index is 1.98. The van der Waals surface area contributed by atoms with Crippen LogP contribution < -0.4 is 15.4 Å². The molecule has 2 N–H and O–H groups in total. The van der Waals surface area contributed by atoms with Crippen molar-refractivity contribution in [3.63, 3.8) is 0 Å². The van der Waals surface area contributed by atoms with Gasteiger partial charge in [0.25, 0.3) is 0 Å². The average Bonchev–Trinajstić information content (AvgIpc) is 2.54. The standard InChI is InChI=1S/C17H18N2O3S/c1-12(20)18-15-10-13(8-9-16(15)22-2)19-17(21)11-23-14-6-4-3-5-7-14/h3-10H,11H2,1-2H3,(H,18,20)(H,19,21). The molecule has 2 aromatic rings. The van der Waals surface area contributed by atoms with Crippen molar-refractivity contribution in [3.8, 4) is 5.75 Å². The highest BCUT2D eigenvalue weighted by atomic mass is 32.2. The fourth-order valence-corrected chi connectivity index (χ4v) is 2.66.